The Hall–Kier alpha value is -1.64. The highest BCUT2D eigenvalue weighted by Crippen LogP contribution is 2.36. The number of thioether (sulfide) groups is 1. The molecule has 0 bridgehead atoms. The summed E-state index contributed by atoms with van der Waals surface area (Å²) >= 11 is 10.6. The second-order valence-corrected chi connectivity index (χ2v) is 12.7. The van der Waals surface area contributed by atoms with E-state index in [1.165, 1.54) is 43.9 Å². The number of fused-ring (bicyclic) bond motifs is 1. The van der Waals surface area contributed by atoms with E-state index in [4.69, 9.17) is 12.2 Å². The van der Waals surface area contributed by atoms with Gasteiger partial charge in [0.2, 0.25) is 5.91 Å². The molecule has 2 saturated heterocycles. The van der Waals surface area contributed by atoms with Gasteiger partial charge in [0.1, 0.15) is 10.9 Å². The first-order chi connectivity index (χ1) is 16.9. The lowest BCUT2D eigenvalue weighted by molar-refractivity contribution is -0.135. The van der Waals surface area contributed by atoms with Crippen LogP contribution in [-0.2, 0) is 16.1 Å². The number of hydrogen-bond donors (Lipinski definition) is 0. The average Bonchev–Trinajstić information content (AvgIpc) is 3.53. The lowest BCUT2D eigenvalue weighted by Gasteiger charge is -2.33. The van der Waals surface area contributed by atoms with Gasteiger partial charge in [-0.1, -0.05) is 65.6 Å². The van der Waals surface area contributed by atoms with Gasteiger partial charge >= 0.3 is 0 Å². The number of halogens is 1. The Morgan fingerprint density at radius 3 is 2.74 bits per heavy atom. The molecule has 1 aromatic heterocycles. The summed E-state index contributed by atoms with van der Waals surface area (Å²) in [5, 5.41) is 1.02. The first-order valence-electron chi connectivity index (χ1n) is 12.7. The second kappa shape index (κ2) is 10.8. The van der Waals surface area contributed by atoms with Crippen LogP contribution in [0, 0.1) is 5.92 Å². The molecule has 5 nitrogen and oxygen atoms in total. The van der Waals surface area contributed by atoms with Crippen LogP contribution in [-0.4, -0.2) is 49.6 Å². The maximum Gasteiger partial charge on any atom is 0.266 e. The molecule has 5 rings (SSSR count). The highest BCUT2D eigenvalue weighted by Gasteiger charge is 2.33. The topological polar surface area (TPSA) is 45.6 Å². The number of benzene rings is 1. The van der Waals surface area contributed by atoms with Crippen molar-refractivity contribution in [3.05, 3.63) is 39.3 Å². The molecule has 35 heavy (non-hydrogen) atoms. The molecule has 0 spiro atoms. The molecule has 1 aliphatic carbocycles. The van der Waals surface area contributed by atoms with Gasteiger partial charge < -0.3 is 9.47 Å². The molecule has 8 heteroatoms. The molecule has 0 unspecified atom stereocenters. The summed E-state index contributed by atoms with van der Waals surface area (Å²) in [4.78, 5) is 30.8. The Bertz CT molecular complexity index is 1180. The van der Waals surface area contributed by atoms with E-state index in [1.54, 1.807) is 4.90 Å². The van der Waals surface area contributed by atoms with Gasteiger partial charge in [0.15, 0.2) is 0 Å². The molecule has 2 amide bonds. The Balaban J connectivity index is 1.39. The number of carbonyl (C=O) groups excluding carboxylic acids is 2. The standard InChI is InChI=1S/C27H32BrN3O2S2/c1-18-6-4-5-12-30(18)25(32)17-29-16-20(22-15-21(28)9-10-23(22)29)14-24-26(33)31(27(34)35-24)13-11-19-7-2-3-8-19/h9-10,14-16,18-19H,2-8,11-13,17H2,1H3/b24-14-/t18-/m0/s1. The summed E-state index contributed by atoms with van der Waals surface area (Å²) in [6.45, 7) is 3.99. The Labute approximate surface area is 225 Å². The monoisotopic (exact) mass is 573 g/mol. The molecule has 3 aliphatic rings. The maximum absolute atomic E-state index is 13.2. The van der Waals surface area contributed by atoms with E-state index in [1.807, 2.05) is 33.9 Å². The van der Waals surface area contributed by atoms with Gasteiger partial charge in [0.25, 0.3) is 5.91 Å². The molecule has 2 aliphatic heterocycles. The average molecular weight is 575 g/mol. The predicted molar refractivity (Wildman–Crippen MR) is 151 cm³/mol. The van der Waals surface area contributed by atoms with Crippen LogP contribution < -0.4 is 0 Å². The Morgan fingerprint density at radius 2 is 1.97 bits per heavy atom. The summed E-state index contributed by atoms with van der Waals surface area (Å²) in [6.07, 6.45) is 13.5. The zero-order chi connectivity index (χ0) is 24.5. The SMILES string of the molecule is C[C@H]1CCCCN1C(=O)Cn1cc(/C=C2\SC(=S)N(CCC3CCCC3)C2=O)c2cc(Br)ccc21. The van der Waals surface area contributed by atoms with Gasteiger partial charge in [-0.25, -0.2) is 0 Å². The molecule has 1 aromatic carbocycles. The van der Waals surface area contributed by atoms with Crippen molar-refractivity contribution in [2.45, 2.75) is 70.9 Å². The van der Waals surface area contributed by atoms with Crippen molar-refractivity contribution in [3.63, 3.8) is 0 Å². The number of piperidine rings is 1. The number of carbonyl (C=O) groups is 2. The van der Waals surface area contributed by atoms with Crippen molar-refractivity contribution >= 4 is 73.0 Å². The third kappa shape index (κ3) is 5.39. The fourth-order valence-corrected chi connectivity index (χ4v) is 7.35. The molecule has 1 atom stereocenters. The Kier molecular flexibility index (Phi) is 7.70. The van der Waals surface area contributed by atoms with Crippen molar-refractivity contribution in [2.24, 2.45) is 5.92 Å². The number of nitrogens with zero attached hydrogens (tertiary/aromatic N) is 3. The molecule has 3 fully saturated rings. The van der Waals surface area contributed by atoms with Crippen LogP contribution in [0.4, 0.5) is 0 Å². The third-order valence-electron chi connectivity index (χ3n) is 7.70. The highest BCUT2D eigenvalue weighted by molar-refractivity contribution is 9.10. The maximum atomic E-state index is 13.2. The number of hydrogen-bond acceptors (Lipinski definition) is 4. The zero-order valence-electron chi connectivity index (χ0n) is 20.2. The van der Waals surface area contributed by atoms with Crippen molar-refractivity contribution < 1.29 is 9.59 Å². The minimum Gasteiger partial charge on any atom is -0.338 e. The van der Waals surface area contributed by atoms with Gasteiger partial charge in [-0.05, 0) is 62.8 Å². The minimum atomic E-state index is 0.00658. The lowest BCUT2D eigenvalue weighted by atomic mass is 10.0. The fraction of sp³-hybridized carbons (Fsp3) is 0.519. The van der Waals surface area contributed by atoms with Crippen molar-refractivity contribution in [1.82, 2.24) is 14.4 Å². The van der Waals surface area contributed by atoms with Gasteiger partial charge in [-0.2, -0.15) is 0 Å². The first kappa shape index (κ1) is 25.0. The smallest absolute Gasteiger partial charge is 0.266 e. The highest BCUT2D eigenvalue weighted by atomic mass is 79.9. The van der Waals surface area contributed by atoms with Crippen LogP contribution >= 0.6 is 39.9 Å². The number of thiocarbonyl (C=S) groups is 1. The summed E-state index contributed by atoms with van der Waals surface area (Å²) < 4.78 is 3.65. The van der Waals surface area contributed by atoms with Gasteiger partial charge in [-0.15, -0.1) is 0 Å². The third-order valence-corrected chi connectivity index (χ3v) is 9.57. The van der Waals surface area contributed by atoms with E-state index < -0.39 is 0 Å². The van der Waals surface area contributed by atoms with E-state index >= 15 is 0 Å². The normalized spacial score (nSPS) is 22.8. The van der Waals surface area contributed by atoms with Crippen LogP contribution in [0.2, 0.25) is 0 Å². The summed E-state index contributed by atoms with van der Waals surface area (Å²) in [5.74, 6) is 0.882. The van der Waals surface area contributed by atoms with Gasteiger partial charge in [0, 0.05) is 46.3 Å². The van der Waals surface area contributed by atoms with Crippen LogP contribution in [0.1, 0.15) is 63.9 Å². The fourth-order valence-electron chi connectivity index (χ4n) is 5.69. The summed E-state index contributed by atoms with van der Waals surface area (Å²) in [5.41, 5.74) is 1.94. The summed E-state index contributed by atoms with van der Waals surface area (Å²) in [6, 6.07) is 6.39. The molecule has 0 radical (unpaired) electrons. The molecule has 3 heterocycles. The number of aromatic nitrogens is 1. The van der Waals surface area contributed by atoms with E-state index in [-0.39, 0.29) is 17.9 Å². The Morgan fingerprint density at radius 1 is 1.20 bits per heavy atom. The van der Waals surface area contributed by atoms with E-state index in [9.17, 15) is 9.59 Å². The van der Waals surface area contributed by atoms with Crippen LogP contribution in [0.25, 0.3) is 17.0 Å². The molecule has 2 aromatic rings. The molecule has 1 saturated carbocycles. The van der Waals surface area contributed by atoms with Gasteiger partial charge in [-0.3, -0.25) is 14.5 Å². The largest absolute Gasteiger partial charge is 0.338 e. The lowest BCUT2D eigenvalue weighted by Crippen LogP contribution is -2.43. The molecular weight excluding hydrogens is 542 g/mol. The van der Waals surface area contributed by atoms with Crippen molar-refractivity contribution in [2.75, 3.05) is 13.1 Å². The second-order valence-electron chi connectivity index (χ2n) is 10.1. The first-order valence-corrected chi connectivity index (χ1v) is 14.8. The van der Waals surface area contributed by atoms with E-state index in [0.29, 0.717) is 22.3 Å². The van der Waals surface area contributed by atoms with Gasteiger partial charge in [0.05, 0.1) is 4.91 Å². The van der Waals surface area contributed by atoms with E-state index in [0.717, 1.165) is 52.7 Å². The van der Waals surface area contributed by atoms with Crippen LogP contribution in [0.3, 0.4) is 0 Å². The van der Waals surface area contributed by atoms with Crippen molar-refractivity contribution in [3.8, 4) is 0 Å². The number of likely N-dealkylation sites (tertiary alicyclic amines) is 1. The molecule has 186 valence electrons. The number of rotatable bonds is 6. The molecular formula is C27H32BrN3O2S2. The predicted octanol–water partition coefficient (Wildman–Crippen LogP) is 6.59. The number of amides is 2. The molecule has 0 N–H and O–H groups in total. The zero-order valence-corrected chi connectivity index (χ0v) is 23.4. The van der Waals surface area contributed by atoms with Crippen molar-refractivity contribution in [1.29, 1.82) is 0 Å². The van der Waals surface area contributed by atoms with E-state index in [2.05, 4.69) is 28.9 Å². The summed E-state index contributed by atoms with van der Waals surface area (Å²) in [7, 11) is 0. The van der Waals surface area contributed by atoms with Crippen LogP contribution in [0.15, 0.2) is 33.8 Å². The minimum absolute atomic E-state index is 0.00658. The van der Waals surface area contributed by atoms with Crippen LogP contribution in [0.5, 0.6) is 0 Å². The quantitative estimate of drug-likeness (QED) is 0.289.